The van der Waals surface area contributed by atoms with Crippen molar-refractivity contribution in [3.63, 3.8) is 0 Å². The Bertz CT molecular complexity index is 198. The number of hydrogen-bond donors (Lipinski definition) is 2. The summed E-state index contributed by atoms with van der Waals surface area (Å²) in [4.78, 5) is 1.62. The van der Waals surface area contributed by atoms with Crippen LogP contribution in [-0.4, -0.2) is 39.9 Å². The van der Waals surface area contributed by atoms with Gasteiger partial charge in [-0.15, -0.1) is 0 Å². The van der Waals surface area contributed by atoms with E-state index in [9.17, 15) is 10.2 Å². The Morgan fingerprint density at radius 1 is 1.31 bits per heavy atom. The minimum Gasteiger partial charge on any atom is -0.378 e. The van der Waals surface area contributed by atoms with Crippen LogP contribution < -0.4 is 0 Å². The zero-order valence-corrected chi connectivity index (χ0v) is 10.6. The molecule has 1 aliphatic heterocycles. The Hall–Kier alpha value is -0.160. The normalized spacial score (nSPS) is 24.9. The Morgan fingerprint density at radius 2 is 1.88 bits per heavy atom. The molecule has 0 radical (unpaired) electrons. The van der Waals surface area contributed by atoms with Crippen LogP contribution in [0.25, 0.3) is 0 Å². The van der Waals surface area contributed by atoms with E-state index in [2.05, 4.69) is 20.8 Å². The molecule has 2 N–H and O–H groups in total. The van der Waals surface area contributed by atoms with Gasteiger partial charge in [0.05, 0.1) is 5.60 Å². The van der Waals surface area contributed by atoms with E-state index in [1.54, 1.807) is 4.90 Å². The topological polar surface area (TPSA) is 52.9 Å². The molecule has 1 saturated heterocycles. The predicted molar refractivity (Wildman–Crippen MR) is 62.6 cm³/mol. The second kappa shape index (κ2) is 5.96. The third-order valence-corrected chi connectivity index (χ3v) is 3.83. The second-order valence-corrected chi connectivity index (χ2v) is 4.55. The van der Waals surface area contributed by atoms with Crippen LogP contribution in [0.5, 0.6) is 0 Å². The molecule has 1 aliphatic rings. The van der Waals surface area contributed by atoms with Crippen LogP contribution >= 0.6 is 0 Å². The van der Waals surface area contributed by atoms with Gasteiger partial charge in [0.1, 0.15) is 6.23 Å². The number of aliphatic hydroxyl groups excluding tert-OH is 2. The Kier molecular flexibility index (Phi) is 5.18. The van der Waals surface area contributed by atoms with E-state index in [-0.39, 0.29) is 5.60 Å². The number of hydrogen-bond acceptors (Lipinski definition) is 4. The fourth-order valence-electron chi connectivity index (χ4n) is 2.32. The van der Waals surface area contributed by atoms with Crippen LogP contribution in [0.15, 0.2) is 0 Å². The van der Waals surface area contributed by atoms with E-state index in [4.69, 9.17) is 4.74 Å². The van der Waals surface area contributed by atoms with Gasteiger partial charge >= 0.3 is 0 Å². The highest BCUT2D eigenvalue weighted by molar-refractivity contribution is 4.78. The van der Waals surface area contributed by atoms with Gasteiger partial charge in [-0.25, -0.2) is 4.90 Å². The minimum absolute atomic E-state index is 0.262. The Balaban J connectivity index is 2.57. The summed E-state index contributed by atoms with van der Waals surface area (Å²) >= 11 is 0. The lowest BCUT2D eigenvalue weighted by molar-refractivity contribution is -0.273. The quantitative estimate of drug-likeness (QED) is 0.683. The Labute approximate surface area is 98.2 Å². The molecule has 1 rings (SSSR count). The van der Waals surface area contributed by atoms with Crippen molar-refractivity contribution in [2.75, 3.05) is 6.54 Å². The summed E-state index contributed by atoms with van der Waals surface area (Å²) in [7, 11) is 0. The molecule has 0 aromatic carbocycles. The maximum absolute atomic E-state index is 9.99. The molecule has 0 spiro atoms. The molecule has 4 nitrogen and oxygen atoms in total. The zero-order chi connectivity index (χ0) is 12.2. The molecule has 1 heterocycles. The third-order valence-electron chi connectivity index (χ3n) is 3.83. The van der Waals surface area contributed by atoms with Gasteiger partial charge in [-0.3, -0.25) is 0 Å². The van der Waals surface area contributed by atoms with E-state index < -0.39 is 12.6 Å². The SMILES string of the molecule is CCC(CC)(CC)OC(O)N1CCCC1O. The predicted octanol–water partition coefficient (Wildman–Crippen LogP) is 1.66. The summed E-state index contributed by atoms with van der Waals surface area (Å²) in [6.07, 6.45) is 2.73. The molecule has 1 fully saturated rings. The fourth-order valence-corrected chi connectivity index (χ4v) is 2.32. The molecule has 0 bridgehead atoms. The fraction of sp³-hybridized carbons (Fsp3) is 1.00. The van der Waals surface area contributed by atoms with Crippen LogP contribution in [0, 0.1) is 0 Å². The molecular weight excluding hydrogens is 206 g/mol. The molecule has 0 aromatic heterocycles. The van der Waals surface area contributed by atoms with Crippen molar-refractivity contribution in [1.82, 2.24) is 4.90 Å². The summed E-state index contributed by atoms with van der Waals surface area (Å²) in [6, 6.07) is 0. The average molecular weight is 231 g/mol. The largest absolute Gasteiger partial charge is 0.378 e. The van der Waals surface area contributed by atoms with Crippen molar-refractivity contribution in [3.05, 3.63) is 0 Å². The van der Waals surface area contributed by atoms with Gasteiger partial charge < -0.3 is 14.9 Å². The van der Waals surface area contributed by atoms with Gasteiger partial charge in [-0.05, 0) is 32.1 Å². The molecule has 0 aromatic rings. The van der Waals surface area contributed by atoms with Gasteiger partial charge in [0.2, 0.25) is 6.41 Å². The zero-order valence-electron chi connectivity index (χ0n) is 10.6. The summed E-state index contributed by atoms with van der Waals surface area (Å²) < 4.78 is 5.76. The number of nitrogens with zero attached hydrogens (tertiary/aromatic N) is 1. The first-order valence-corrected chi connectivity index (χ1v) is 6.38. The van der Waals surface area contributed by atoms with Crippen LogP contribution in [-0.2, 0) is 4.74 Å². The van der Waals surface area contributed by atoms with E-state index in [1.165, 1.54) is 0 Å². The highest BCUT2D eigenvalue weighted by Crippen LogP contribution is 2.28. The maximum atomic E-state index is 9.99. The summed E-state index contributed by atoms with van der Waals surface area (Å²) in [6.45, 7) is 6.91. The number of likely N-dealkylation sites (tertiary alicyclic amines) is 1. The molecule has 2 unspecified atom stereocenters. The number of aliphatic hydroxyl groups is 2. The molecule has 2 atom stereocenters. The van der Waals surface area contributed by atoms with E-state index in [0.717, 1.165) is 32.1 Å². The first kappa shape index (κ1) is 13.9. The molecule has 16 heavy (non-hydrogen) atoms. The lowest BCUT2D eigenvalue weighted by Gasteiger charge is -2.37. The van der Waals surface area contributed by atoms with Crippen LogP contribution in [0.3, 0.4) is 0 Å². The summed E-state index contributed by atoms with van der Waals surface area (Å²) in [5, 5.41) is 19.7. The van der Waals surface area contributed by atoms with Crippen LogP contribution in [0.1, 0.15) is 52.9 Å². The molecule has 0 amide bonds. The summed E-state index contributed by atoms with van der Waals surface area (Å²) in [5.41, 5.74) is -0.262. The van der Waals surface area contributed by atoms with Crippen LogP contribution in [0.2, 0.25) is 0 Å². The second-order valence-electron chi connectivity index (χ2n) is 4.55. The van der Waals surface area contributed by atoms with Gasteiger partial charge in [0.15, 0.2) is 0 Å². The Morgan fingerprint density at radius 3 is 2.25 bits per heavy atom. The van der Waals surface area contributed by atoms with Crippen LogP contribution in [0.4, 0.5) is 0 Å². The van der Waals surface area contributed by atoms with Crippen molar-refractivity contribution in [1.29, 1.82) is 0 Å². The summed E-state index contributed by atoms with van der Waals surface area (Å²) in [5.74, 6) is 0. The number of rotatable bonds is 6. The van der Waals surface area contributed by atoms with Crippen molar-refractivity contribution < 1.29 is 14.9 Å². The molecule has 0 saturated carbocycles. The van der Waals surface area contributed by atoms with Gasteiger partial charge in [0, 0.05) is 6.54 Å². The van der Waals surface area contributed by atoms with E-state index in [1.807, 2.05) is 0 Å². The first-order valence-electron chi connectivity index (χ1n) is 6.38. The van der Waals surface area contributed by atoms with Gasteiger partial charge in [-0.1, -0.05) is 20.8 Å². The van der Waals surface area contributed by atoms with Gasteiger partial charge in [0.25, 0.3) is 0 Å². The molecular formula is C12H25NO3. The third kappa shape index (κ3) is 2.94. The van der Waals surface area contributed by atoms with E-state index in [0.29, 0.717) is 6.54 Å². The molecule has 96 valence electrons. The van der Waals surface area contributed by atoms with Crippen molar-refractivity contribution >= 4 is 0 Å². The van der Waals surface area contributed by atoms with E-state index >= 15 is 0 Å². The highest BCUT2D eigenvalue weighted by atomic mass is 16.6. The molecule has 0 aliphatic carbocycles. The smallest absolute Gasteiger partial charge is 0.218 e. The lowest BCUT2D eigenvalue weighted by Crippen LogP contribution is -2.46. The standard InChI is InChI=1S/C12H25NO3/c1-4-12(5-2,6-3)16-11(15)13-9-7-8-10(13)14/h10-11,14-15H,4-9H2,1-3H3. The monoisotopic (exact) mass is 231 g/mol. The average Bonchev–Trinajstić information content (AvgIpc) is 2.72. The van der Waals surface area contributed by atoms with Gasteiger partial charge in [-0.2, -0.15) is 0 Å². The van der Waals surface area contributed by atoms with Crippen molar-refractivity contribution in [2.24, 2.45) is 0 Å². The maximum Gasteiger partial charge on any atom is 0.218 e. The minimum atomic E-state index is -0.975. The van der Waals surface area contributed by atoms with Crippen molar-refractivity contribution in [2.45, 2.75) is 71.1 Å². The number of ether oxygens (including phenoxy) is 1. The lowest BCUT2D eigenvalue weighted by atomic mass is 9.94. The van der Waals surface area contributed by atoms with Crippen molar-refractivity contribution in [3.8, 4) is 0 Å². The first-order chi connectivity index (χ1) is 7.58. The molecule has 4 heteroatoms. The highest BCUT2D eigenvalue weighted by Gasteiger charge is 2.34.